The highest BCUT2D eigenvalue weighted by atomic mass is 19.2. The van der Waals surface area contributed by atoms with Crippen LogP contribution >= 0.6 is 0 Å². The molecule has 154 valence electrons. The maximum absolute atomic E-state index is 14.8. The number of benzene rings is 2. The molecular weight excluding hydrogens is 383 g/mol. The van der Waals surface area contributed by atoms with Gasteiger partial charge in [0.05, 0.1) is 11.8 Å². The third-order valence-electron chi connectivity index (χ3n) is 5.70. The van der Waals surface area contributed by atoms with Crippen molar-refractivity contribution in [3.05, 3.63) is 58.4 Å². The standard InChI is InChI=1S/C22H22F3NO3/c23-18-10-16(29-15-2-1-3-15)11-19(22(18)25)26-9-8-17-14(12-26)5-4-13(21(17)24)6-7-20(27)28/h4-5,10-11,15H,1-3,6-9,12H2,(H,27,28). The van der Waals surface area contributed by atoms with E-state index in [1.165, 1.54) is 6.07 Å². The van der Waals surface area contributed by atoms with E-state index in [1.54, 1.807) is 17.0 Å². The number of rotatable bonds is 6. The lowest BCUT2D eigenvalue weighted by Gasteiger charge is -2.32. The minimum atomic E-state index is -0.977. The van der Waals surface area contributed by atoms with E-state index in [0.717, 1.165) is 25.3 Å². The van der Waals surface area contributed by atoms with E-state index >= 15 is 0 Å². The third kappa shape index (κ3) is 4.04. The van der Waals surface area contributed by atoms with E-state index in [9.17, 15) is 18.0 Å². The Morgan fingerprint density at radius 2 is 1.97 bits per heavy atom. The van der Waals surface area contributed by atoms with Crippen LogP contribution in [-0.4, -0.2) is 23.7 Å². The summed E-state index contributed by atoms with van der Waals surface area (Å²) in [5.74, 6) is -2.96. The molecule has 0 amide bonds. The Bertz CT molecular complexity index is 943. The number of ether oxygens (including phenoxy) is 1. The van der Waals surface area contributed by atoms with E-state index in [2.05, 4.69) is 0 Å². The van der Waals surface area contributed by atoms with Gasteiger partial charge in [0.15, 0.2) is 11.6 Å². The van der Waals surface area contributed by atoms with E-state index in [1.807, 2.05) is 0 Å². The van der Waals surface area contributed by atoms with Gasteiger partial charge in [0.2, 0.25) is 0 Å². The number of aryl methyl sites for hydroxylation is 1. The number of hydrogen-bond acceptors (Lipinski definition) is 3. The first-order valence-electron chi connectivity index (χ1n) is 9.84. The summed E-state index contributed by atoms with van der Waals surface area (Å²) < 4.78 is 49.1. The SMILES string of the molecule is O=C(O)CCc1ccc2c(c1F)CCN(c1cc(OC3CCC3)cc(F)c1F)C2. The number of anilines is 1. The van der Waals surface area contributed by atoms with Gasteiger partial charge in [-0.3, -0.25) is 4.79 Å². The molecule has 1 aliphatic carbocycles. The van der Waals surface area contributed by atoms with Crippen molar-refractivity contribution in [2.24, 2.45) is 0 Å². The van der Waals surface area contributed by atoms with Gasteiger partial charge in [-0.25, -0.2) is 13.2 Å². The lowest BCUT2D eigenvalue weighted by Crippen LogP contribution is -2.32. The van der Waals surface area contributed by atoms with Gasteiger partial charge >= 0.3 is 5.97 Å². The number of aliphatic carboxylic acids is 1. The lowest BCUT2D eigenvalue weighted by molar-refractivity contribution is -0.136. The molecule has 1 fully saturated rings. The van der Waals surface area contributed by atoms with Gasteiger partial charge in [-0.15, -0.1) is 0 Å². The molecule has 0 unspecified atom stereocenters. The van der Waals surface area contributed by atoms with Crippen molar-refractivity contribution in [1.82, 2.24) is 0 Å². The summed E-state index contributed by atoms with van der Waals surface area (Å²) in [7, 11) is 0. The zero-order chi connectivity index (χ0) is 20.5. The first-order valence-corrected chi connectivity index (χ1v) is 9.84. The molecule has 0 atom stereocenters. The van der Waals surface area contributed by atoms with Crippen LogP contribution in [-0.2, 0) is 24.2 Å². The predicted molar refractivity (Wildman–Crippen MR) is 102 cm³/mol. The van der Waals surface area contributed by atoms with E-state index in [-0.39, 0.29) is 31.2 Å². The molecule has 7 heteroatoms. The van der Waals surface area contributed by atoms with Crippen molar-refractivity contribution >= 4 is 11.7 Å². The molecule has 4 nitrogen and oxygen atoms in total. The second-order valence-corrected chi connectivity index (χ2v) is 7.65. The molecule has 2 aromatic carbocycles. The quantitative estimate of drug-likeness (QED) is 0.762. The molecule has 0 spiro atoms. The third-order valence-corrected chi connectivity index (χ3v) is 5.70. The molecule has 4 rings (SSSR count). The fourth-order valence-electron chi connectivity index (χ4n) is 3.83. The van der Waals surface area contributed by atoms with Crippen LogP contribution in [0.3, 0.4) is 0 Å². The summed E-state index contributed by atoms with van der Waals surface area (Å²) in [6, 6.07) is 5.90. The van der Waals surface area contributed by atoms with Gasteiger partial charge in [0.1, 0.15) is 11.6 Å². The molecule has 1 heterocycles. The Morgan fingerprint density at radius 1 is 1.17 bits per heavy atom. The fourth-order valence-corrected chi connectivity index (χ4v) is 3.83. The van der Waals surface area contributed by atoms with E-state index in [4.69, 9.17) is 9.84 Å². The lowest BCUT2D eigenvalue weighted by atomic mass is 9.94. The smallest absolute Gasteiger partial charge is 0.303 e. The summed E-state index contributed by atoms with van der Waals surface area (Å²) in [4.78, 5) is 12.4. The highest BCUT2D eigenvalue weighted by molar-refractivity contribution is 5.67. The average molecular weight is 405 g/mol. The number of carboxylic acid groups (broad SMARTS) is 1. The molecule has 1 aliphatic heterocycles. The van der Waals surface area contributed by atoms with Crippen LogP contribution in [0.2, 0.25) is 0 Å². The molecule has 0 aromatic heterocycles. The molecular formula is C22H22F3NO3. The van der Waals surface area contributed by atoms with Crippen LogP contribution in [0.25, 0.3) is 0 Å². The number of fused-ring (bicyclic) bond motifs is 1. The summed E-state index contributed by atoms with van der Waals surface area (Å²) in [5.41, 5.74) is 1.69. The molecule has 2 aromatic rings. The van der Waals surface area contributed by atoms with Crippen molar-refractivity contribution in [1.29, 1.82) is 0 Å². The van der Waals surface area contributed by atoms with Crippen LogP contribution in [0.5, 0.6) is 5.75 Å². The zero-order valence-electron chi connectivity index (χ0n) is 15.9. The highest BCUT2D eigenvalue weighted by Crippen LogP contribution is 2.34. The largest absolute Gasteiger partial charge is 0.490 e. The van der Waals surface area contributed by atoms with Crippen LogP contribution in [0.4, 0.5) is 18.9 Å². The topological polar surface area (TPSA) is 49.8 Å². The number of carbonyl (C=O) groups is 1. The second-order valence-electron chi connectivity index (χ2n) is 7.65. The summed E-state index contributed by atoms with van der Waals surface area (Å²) in [6.45, 7) is 0.574. The molecule has 0 bridgehead atoms. The minimum Gasteiger partial charge on any atom is -0.490 e. The fraction of sp³-hybridized carbons (Fsp3) is 0.409. The van der Waals surface area contributed by atoms with E-state index in [0.29, 0.717) is 35.4 Å². The predicted octanol–water partition coefficient (Wildman–Crippen LogP) is 4.62. The van der Waals surface area contributed by atoms with Crippen molar-refractivity contribution in [3.8, 4) is 5.75 Å². The number of nitrogens with zero attached hydrogens (tertiary/aromatic N) is 1. The molecule has 1 N–H and O–H groups in total. The maximum Gasteiger partial charge on any atom is 0.303 e. The first kappa shape index (κ1) is 19.6. The second kappa shape index (κ2) is 7.97. The van der Waals surface area contributed by atoms with Crippen molar-refractivity contribution in [2.45, 2.75) is 51.2 Å². The Labute approximate surface area is 166 Å². The summed E-state index contributed by atoms with van der Waals surface area (Å²) in [6.07, 6.45) is 3.26. The number of hydrogen-bond donors (Lipinski definition) is 1. The molecule has 29 heavy (non-hydrogen) atoms. The first-order chi connectivity index (χ1) is 13.9. The number of halogens is 3. The van der Waals surface area contributed by atoms with E-state index < -0.39 is 23.4 Å². The number of carboxylic acids is 1. The van der Waals surface area contributed by atoms with Crippen LogP contribution in [0.15, 0.2) is 24.3 Å². The van der Waals surface area contributed by atoms with Crippen molar-refractivity contribution in [3.63, 3.8) is 0 Å². The highest BCUT2D eigenvalue weighted by Gasteiger charge is 2.26. The Kier molecular flexibility index (Phi) is 5.39. The normalized spacial score (nSPS) is 16.3. The Hall–Kier alpha value is -2.70. The van der Waals surface area contributed by atoms with Gasteiger partial charge in [0, 0.05) is 31.6 Å². The van der Waals surface area contributed by atoms with Gasteiger partial charge in [-0.2, -0.15) is 0 Å². The minimum absolute atomic E-state index is 0.0492. The molecule has 0 saturated heterocycles. The molecule has 0 radical (unpaired) electrons. The summed E-state index contributed by atoms with van der Waals surface area (Å²) >= 11 is 0. The van der Waals surface area contributed by atoms with Gasteiger partial charge in [0.25, 0.3) is 0 Å². The van der Waals surface area contributed by atoms with Crippen LogP contribution in [0, 0.1) is 17.5 Å². The maximum atomic E-state index is 14.8. The Morgan fingerprint density at radius 3 is 2.66 bits per heavy atom. The van der Waals surface area contributed by atoms with Crippen molar-refractivity contribution in [2.75, 3.05) is 11.4 Å². The van der Waals surface area contributed by atoms with Gasteiger partial charge < -0.3 is 14.7 Å². The van der Waals surface area contributed by atoms with Crippen LogP contribution < -0.4 is 9.64 Å². The van der Waals surface area contributed by atoms with Gasteiger partial charge in [-0.05, 0) is 48.8 Å². The summed E-state index contributed by atoms with van der Waals surface area (Å²) in [5, 5.41) is 8.80. The molecule has 2 aliphatic rings. The van der Waals surface area contributed by atoms with Gasteiger partial charge in [-0.1, -0.05) is 12.1 Å². The molecule has 1 saturated carbocycles. The van der Waals surface area contributed by atoms with Crippen molar-refractivity contribution < 1.29 is 27.8 Å². The average Bonchev–Trinajstić information content (AvgIpc) is 2.66. The Balaban J connectivity index is 1.56. The monoisotopic (exact) mass is 405 g/mol. The van der Waals surface area contributed by atoms with Crippen LogP contribution in [0.1, 0.15) is 42.4 Å². The zero-order valence-corrected chi connectivity index (χ0v) is 15.9.